The molecule has 22 heteroatoms. The molecular formula is C32H45N3O18S. The zero-order valence-corrected chi connectivity index (χ0v) is 30.3. The SMILES string of the molecule is CC(C)(C)C(=O)OCc1ccc(OCCOCCNC(O)[C@H](CS(=O)(=O)O)NC(=O)CNC2C(=O)C=CC2=O)cc1O[C@@H]1O[C@H](C(=O)O)[C@@H](O)[C@H](O)[C@H]1O. The van der Waals surface area contributed by atoms with Gasteiger partial charge >= 0.3 is 11.9 Å². The Morgan fingerprint density at radius 1 is 0.981 bits per heavy atom. The summed E-state index contributed by atoms with van der Waals surface area (Å²) in [5.74, 6) is -5.14. The van der Waals surface area contributed by atoms with E-state index in [0.717, 1.165) is 12.2 Å². The molecule has 0 saturated carbocycles. The molecule has 2 aliphatic rings. The number of amides is 1. The molecule has 1 heterocycles. The van der Waals surface area contributed by atoms with Crippen molar-refractivity contribution >= 4 is 39.5 Å². The Bertz CT molecular complexity index is 1630. The molecule has 1 aromatic carbocycles. The number of benzene rings is 1. The molecule has 9 N–H and O–H groups in total. The average Bonchev–Trinajstić information content (AvgIpc) is 3.40. The number of ketones is 2. The van der Waals surface area contributed by atoms with Crippen molar-refractivity contribution in [3.05, 3.63) is 35.9 Å². The van der Waals surface area contributed by atoms with Crippen LogP contribution in [0.5, 0.6) is 11.5 Å². The van der Waals surface area contributed by atoms with E-state index in [-0.39, 0.29) is 50.0 Å². The summed E-state index contributed by atoms with van der Waals surface area (Å²) in [6.07, 6.45) is -9.06. The molecule has 0 spiro atoms. The molecule has 0 radical (unpaired) electrons. The summed E-state index contributed by atoms with van der Waals surface area (Å²) in [6, 6.07) is 1.47. The molecule has 0 aromatic heterocycles. The van der Waals surface area contributed by atoms with E-state index >= 15 is 0 Å². The number of carboxylic acids is 1. The van der Waals surface area contributed by atoms with Gasteiger partial charge < -0.3 is 54.5 Å². The number of hydrogen-bond donors (Lipinski definition) is 9. The molecule has 1 unspecified atom stereocenters. The fourth-order valence-electron chi connectivity index (χ4n) is 4.82. The summed E-state index contributed by atoms with van der Waals surface area (Å²) in [7, 11) is -4.67. The lowest BCUT2D eigenvalue weighted by Crippen LogP contribution is -2.61. The lowest BCUT2D eigenvalue weighted by atomic mass is 9.97. The molecule has 1 aromatic rings. The van der Waals surface area contributed by atoms with Gasteiger partial charge in [0.2, 0.25) is 12.2 Å². The zero-order chi connectivity index (χ0) is 40.4. The Balaban J connectivity index is 1.53. The highest BCUT2D eigenvalue weighted by Gasteiger charge is 2.48. The van der Waals surface area contributed by atoms with Crippen molar-refractivity contribution in [3.63, 3.8) is 0 Å². The fraction of sp³-hybridized carbons (Fsp3) is 0.594. The molecule has 1 aliphatic heterocycles. The quantitative estimate of drug-likeness (QED) is 0.0202. The van der Waals surface area contributed by atoms with Crippen LogP contribution < -0.4 is 25.4 Å². The van der Waals surface area contributed by atoms with Crippen molar-refractivity contribution < 1.29 is 86.2 Å². The van der Waals surface area contributed by atoms with Gasteiger partial charge in [-0.2, -0.15) is 8.42 Å². The number of hydrogen-bond acceptors (Lipinski definition) is 18. The number of aliphatic carboxylic acids is 1. The number of ether oxygens (including phenoxy) is 5. The normalized spacial score (nSPS) is 23.1. The van der Waals surface area contributed by atoms with Crippen molar-refractivity contribution in [2.75, 3.05) is 38.7 Å². The minimum Gasteiger partial charge on any atom is -0.491 e. The fourth-order valence-corrected chi connectivity index (χ4v) is 5.54. The molecule has 1 aliphatic carbocycles. The summed E-state index contributed by atoms with van der Waals surface area (Å²) >= 11 is 0. The van der Waals surface area contributed by atoms with Gasteiger partial charge in [-0.1, -0.05) is 0 Å². The monoisotopic (exact) mass is 791 g/mol. The number of esters is 1. The van der Waals surface area contributed by atoms with E-state index in [1.165, 1.54) is 18.2 Å². The Morgan fingerprint density at radius 3 is 2.26 bits per heavy atom. The predicted molar refractivity (Wildman–Crippen MR) is 180 cm³/mol. The number of aliphatic hydroxyl groups excluding tert-OH is 4. The van der Waals surface area contributed by atoms with Crippen molar-refractivity contribution in [2.45, 2.75) is 76.4 Å². The zero-order valence-electron chi connectivity index (χ0n) is 29.4. The minimum absolute atomic E-state index is 0.0297. The number of carbonyl (C=O) groups excluding carboxylic acids is 4. The molecule has 7 atom stereocenters. The largest absolute Gasteiger partial charge is 0.491 e. The summed E-state index contributed by atoms with van der Waals surface area (Å²) in [4.78, 5) is 59.6. The summed E-state index contributed by atoms with van der Waals surface area (Å²) in [5.41, 5.74) is -0.593. The first-order valence-corrected chi connectivity index (χ1v) is 18.0. The Hall–Kier alpha value is -4.10. The lowest BCUT2D eigenvalue weighted by molar-refractivity contribution is -0.271. The van der Waals surface area contributed by atoms with Crippen LogP contribution in [0.1, 0.15) is 26.3 Å². The number of carboxylic acid groups (broad SMARTS) is 1. The third-order valence-electron chi connectivity index (χ3n) is 7.73. The van der Waals surface area contributed by atoms with Crippen molar-refractivity contribution in [3.8, 4) is 11.5 Å². The predicted octanol–water partition coefficient (Wildman–Crippen LogP) is -3.61. The number of aliphatic hydroxyl groups is 4. The van der Waals surface area contributed by atoms with E-state index in [0.29, 0.717) is 0 Å². The Morgan fingerprint density at radius 2 is 1.65 bits per heavy atom. The highest BCUT2D eigenvalue weighted by atomic mass is 32.2. The van der Waals surface area contributed by atoms with Crippen LogP contribution in [0, 0.1) is 5.41 Å². The first-order chi connectivity index (χ1) is 25.2. The maximum absolute atomic E-state index is 12.4. The molecular weight excluding hydrogens is 746 g/mol. The van der Waals surface area contributed by atoms with E-state index in [9.17, 15) is 62.5 Å². The average molecular weight is 792 g/mol. The maximum Gasteiger partial charge on any atom is 0.335 e. The van der Waals surface area contributed by atoms with Crippen molar-refractivity contribution in [2.24, 2.45) is 5.41 Å². The van der Waals surface area contributed by atoms with Gasteiger partial charge in [0.25, 0.3) is 10.1 Å². The van der Waals surface area contributed by atoms with Crippen LogP contribution in [-0.2, 0) is 54.9 Å². The van der Waals surface area contributed by atoms with Gasteiger partial charge in [-0.05, 0) is 45.1 Å². The molecule has 21 nitrogen and oxygen atoms in total. The third-order valence-corrected chi connectivity index (χ3v) is 8.51. The Labute approximate surface area is 309 Å². The van der Waals surface area contributed by atoms with Crippen LogP contribution in [0.3, 0.4) is 0 Å². The van der Waals surface area contributed by atoms with Gasteiger partial charge in [0.15, 0.2) is 17.7 Å². The standard InChI is InChI=1S/C32H45N3O18S/c1-32(2,3)31(45)51-14-16-4-5-17(12-21(16)52-30-26(41)24(39)25(40)27(53-30)29(43)44)50-11-10-49-9-8-33-28(42)18(15-54(46,47)48)35-22(38)13-34-23-19(36)6-7-20(23)37/h4-7,12,18,23-28,30,33-34,39-42H,8-11,13-15H2,1-3H3,(H,35,38)(H,43,44)(H,46,47,48)/t18-,24-,25-,26+,27-,28?,30+/m0/s1. The van der Waals surface area contributed by atoms with Gasteiger partial charge in [-0.25, -0.2) is 4.79 Å². The minimum atomic E-state index is -4.67. The van der Waals surface area contributed by atoms with E-state index < -0.39 is 106 Å². The van der Waals surface area contributed by atoms with Crippen LogP contribution in [0.25, 0.3) is 0 Å². The lowest BCUT2D eigenvalue weighted by Gasteiger charge is -2.38. The van der Waals surface area contributed by atoms with Gasteiger partial charge in [0.1, 0.15) is 55.3 Å². The second kappa shape index (κ2) is 19.5. The first kappa shape index (κ1) is 44.3. The maximum atomic E-state index is 12.4. The molecule has 1 fully saturated rings. The van der Waals surface area contributed by atoms with Crippen LogP contribution in [0.2, 0.25) is 0 Å². The van der Waals surface area contributed by atoms with Crippen LogP contribution in [0.15, 0.2) is 30.4 Å². The number of nitrogens with one attached hydrogen (secondary N) is 3. The summed E-state index contributed by atoms with van der Waals surface area (Å²) in [5, 5.41) is 57.6. The van der Waals surface area contributed by atoms with E-state index in [1.807, 2.05) is 0 Å². The molecule has 0 bridgehead atoms. The number of carbonyl (C=O) groups is 5. The van der Waals surface area contributed by atoms with E-state index in [1.54, 1.807) is 20.8 Å². The van der Waals surface area contributed by atoms with Crippen LogP contribution in [-0.4, -0.2) is 156 Å². The molecule has 302 valence electrons. The van der Waals surface area contributed by atoms with E-state index in [2.05, 4.69) is 16.0 Å². The van der Waals surface area contributed by atoms with Gasteiger partial charge in [0, 0.05) is 18.2 Å². The second-order valence-corrected chi connectivity index (χ2v) is 14.7. The molecule has 54 heavy (non-hydrogen) atoms. The molecule has 1 amide bonds. The van der Waals surface area contributed by atoms with Crippen LogP contribution in [0.4, 0.5) is 0 Å². The highest BCUT2D eigenvalue weighted by molar-refractivity contribution is 7.85. The smallest absolute Gasteiger partial charge is 0.335 e. The van der Waals surface area contributed by atoms with Crippen molar-refractivity contribution in [1.82, 2.24) is 16.0 Å². The molecule has 1 saturated heterocycles. The summed E-state index contributed by atoms with van der Waals surface area (Å²) < 4.78 is 59.6. The van der Waals surface area contributed by atoms with Crippen molar-refractivity contribution in [1.29, 1.82) is 0 Å². The van der Waals surface area contributed by atoms with E-state index in [4.69, 9.17) is 23.7 Å². The van der Waals surface area contributed by atoms with Crippen LogP contribution >= 0.6 is 0 Å². The van der Waals surface area contributed by atoms with Gasteiger partial charge in [-0.15, -0.1) is 0 Å². The second-order valence-electron chi connectivity index (χ2n) is 13.2. The first-order valence-electron chi connectivity index (χ1n) is 16.4. The topological polar surface area (TPSA) is 323 Å². The van der Waals surface area contributed by atoms with Gasteiger partial charge in [-0.3, -0.25) is 34.4 Å². The Kier molecular flexibility index (Phi) is 16.0. The van der Waals surface area contributed by atoms with Gasteiger partial charge in [0.05, 0.1) is 37.0 Å². The molecule has 3 rings (SSSR count). The highest BCUT2D eigenvalue weighted by Crippen LogP contribution is 2.31. The summed E-state index contributed by atoms with van der Waals surface area (Å²) in [6.45, 7) is 3.81. The third kappa shape index (κ3) is 13.3. The number of rotatable bonds is 20.